The van der Waals surface area contributed by atoms with Crippen molar-refractivity contribution in [2.24, 2.45) is 11.8 Å². The molecule has 0 aliphatic carbocycles. The fraction of sp³-hybridized carbons (Fsp3) is 0.395. The fourth-order valence-corrected chi connectivity index (χ4v) is 8.09. The molecule has 2 aliphatic rings. The first-order chi connectivity index (χ1) is 27.4. The van der Waals surface area contributed by atoms with Crippen molar-refractivity contribution in [2.75, 3.05) is 57.0 Å². The molecule has 0 amide bonds. The minimum Gasteiger partial charge on any atom is -0.497 e. The van der Waals surface area contributed by atoms with Gasteiger partial charge in [-0.1, -0.05) is 35.9 Å². The van der Waals surface area contributed by atoms with Crippen molar-refractivity contribution >= 4 is 48.3 Å². The van der Waals surface area contributed by atoms with Gasteiger partial charge in [0.05, 0.1) is 33.5 Å². The van der Waals surface area contributed by atoms with Crippen LogP contribution in [0.15, 0.2) is 85.5 Å². The van der Waals surface area contributed by atoms with Gasteiger partial charge in [0.2, 0.25) is 11.9 Å². The van der Waals surface area contributed by atoms with E-state index in [1.54, 1.807) is 19.2 Å². The molecule has 2 atom stereocenters. The molecule has 2 unspecified atom stereocenters. The number of rotatable bonds is 14. The maximum Gasteiger partial charge on any atom is 0.240 e. The summed E-state index contributed by atoms with van der Waals surface area (Å²) < 4.78 is 22.4. The molecule has 2 saturated heterocycles. The Kier molecular flexibility index (Phi) is 16.0. The summed E-state index contributed by atoms with van der Waals surface area (Å²) >= 11 is 6.61. The third kappa shape index (κ3) is 10.3. The zero-order valence-corrected chi connectivity index (χ0v) is 35.8. The molecule has 4 heterocycles. The number of hydrogen-bond donors (Lipinski definition) is 1. The number of piperidine rings is 2. The zero-order chi connectivity index (χ0) is 39.0. The quantitative estimate of drug-likeness (QED) is 0.0851. The van der Waals surface area contributed by atoms with Crippen molar-refractivity contribution in [3.05, 3.63) is 96.0 Å². The number of nitrogens with zero attached hydrogens (tertiary/aromatic N) is 7. The molecule has 2 aliphatic heterocycles. The molecule has 58 heavy (non-hydrogen) atoms. The summed E-state index contributed by atoms with van der Waals surface area (Å²) in [5.41, 5.74) is 5.06. The van der Waals surface area contributed by atoms with Gasteiger partial charge in [0, 0.05) is 55.0 Å². The lowest BCUT2D eigenvalue weighted by Gasteiger charge is -2.47. The third-order valence-corrected chi connectivity index (χ3v) is 11.2. The highest BCUT2D eigenvalue weighted by atomic mass is 35.5. The minimum atomic E-state index is 0. The summed E-state index contributed by atoms with van der Waals surface area (Å²) in [4.78, 5) is 24.2. The van der Waals surface area contributed by atoms with Crippen LogP contribution in [0.1, 0.15) is 45.1 Å². The number of ether oxygens (including phenoxy) is 4. The Bertz CT molecular complexity index is 1990. The van der Waals surface area contributed by atoms with Gasteiger partial charge in [-0.05, 0) is 112 Å². The van der Waals surface area contributed by atoms with Crippen LogP contribution in [0, 0.1) is 5.92 Å². The van der Waals surface area contributed by atoms with Crippen LogP contribution in [-0.4, -0.2) is 84.0 Å². The molecule has 310 valence electrons. The van der Waals surface area contributed by atoms with Crippen molar-refractivity contribution in [1.82, 2.24) is 24.8 Å². The van der Waals surface area contributed by atoms with E-state index in [4.69, 9.17) is 56.3 Å². The van der Waals surface area contributed by atoms with Gasteiger partial charge >= 0.3 is 0 Å². The zero-order valence-electron chi connectivity index (χ0n) is 33.4. The second kappa shape index (κ2) is 20.9. The van der Waals surface area contributed by atoms with Crippen LogP contribution < -0.4 is 34.7 Å². The van der Waals surface area contributed by atoms with Gasteiger partial charge in [-0.15, -0.1) is 24.8 Å². The van der Waals surface area contributed by atoms with Crippen LogP contribution in [0.2, 0.25) is 5.02 Å². The van der Waals surface area contributed by atoms with E-state index in [9.17, 15) is 0 Å². The van der Waals surface area contributed by atoms with Crippen LogP contribution in [-0.2, 0) is 6.54 Å². The molecule has 0 saturated carbocycles. The molecule has 12 nitrogen and oxygen atoms in total. The predicted molar refractivity (Wildman–Crippen MR) is 235 cm³/mol. The highest BCUT2D eigenvalue weighted by Crippen LogP contribution is 2.38. The van der Waals surface area contributed by atoms with Crippen molar-refractivity contribution in [3.8, 4) is 45.3 Å². The maximum atomic E-state index is 6.86. The van der Waals surface area contributed by atoms with Crippen molar-refractivity contribution in [2.45, 2.75) is 58.2 Å². The van der Waals surface area contributed by atoms with E-state index >= 15 is 0 Å². The summed E-state index contributed by atoms with van der Waals surface area (Å²) in [6.07, 6.45) is 11.2. The fourth-order valence-electron chi connectivity index (χ4n) is 7.87. The predicted octanol–water partition coefficient (Wildman–Crippen LogP) is 8.54. The number of nitrogens with two attached hydrogens (primary N) is 1. The monoisotopic (exact) mass is 850 g/mol. The average Bonchev–Trinajstić information content (AvgIpc) is 3.25. The van der Waals surface area contributed by atoms with Gasteiger partial charge in [0.1, 0.15) is 28.0 Å². The molecule has 0 radical (unpaired) electrons. The minimum absolute atomic E-state index is 0. The molecular weight excluding hydrogens is 799 g/mol. The van der Waals surface area contributed by atoms with E-state index < -0.39 is 0 Å². The van der Waals surface area contributed by atoms with E-state index in [-0.39, 0.29) is 36.9 Å². The standard InChI is InChI=1S/C43H51ClN8O4.2ClH/c1-5-55-39-21-29(22-40(41(39)44)56-6-2)28-50-18-15-32(16-19-50)38-23-35(52(45)43-48-26-34(27-49-43)31-9-13-37(54-4)14-10-31)17-20-51(38)42-46-24-33(25-47-42)30-7-11-36(53-3)12-8-30;;/h7-14,21-22,24-27,32,35,38H,5-6,15-20,23,28,45H2,1-4H3;2*1H. The molecule has 5 aromatic rings. The van der Waals surface area contributed by atoms with E-state index in [1.807, 2.05) is 99.3 Å². The SMILES string of the molecule is CCOc1cc(CN2CCC(C3CC(N(N)c4ncc(-c5ccc(OC)cc5)cn4)CCN3c3ncc(-c4ccc(OC)cc4)cn3)CC2)cc(OCC)c1Cl.Cl.Cl. The largest absolute Gasteiger partial charge is 0.497 e. The molecule has 0 spiro atoms. The Morgan fingerprint density at radius 2 is 1.21 bits per heavy atom. The van der Waals surface area contributed by atoms with Gasteiger partial charge in [0.15, 0.2) is 0 Å². The summed E-state index contributed by atoms with van der Waals surface area (Å²) in [6.45, 7) is 8.46. The van der Waals surface area contributed by atoms with Crippen molar-refractivity contribution in [1.29, 1.82) is 0 Å². The summed E-state index contributed by atoms with van der Waals surface area (Å²) in [5, 5.41) is 2.28. The Labute approximate surface area is 358 Å². The molecule has 15 heteroatoms. The number of halogens is 3. The molecule has 2 aromatic heterocycles. The molecular formula is C43H53Cl3N8O4. The summed E-state index contributed by atoms with van der Waals surface area (Å²) in [7, 11) is 3.33. The Balaban J connectivity index is 0.00000320. The second-order valence-electron chi connectivity index (χ2n) is 14.2. The average molecular weight is 852 g/mol. The topological polar surface area (TPSA) is 124 Å². The number of hydrogen-bond acceptors (Lipinski definition) is 12. The van der Waals surface area contributed by atoms with Crippen molar-refractivity contribution in [3.63, 3.8) is 0 Å². The first kappa shape index (κ1) is 44.5. The Morgan fingerprint density at radius 1 is 0.707 bits per heavy atom. The summed E-state index contributed by atoms with van der Waals surface area (Å²) in [5.74, 6) is 11.5. The summed E-state index contributed by atoms with van der Waals surface area (Å²) in [6, 6.07) is 20.1. The van der Waals surface area contributed by atoms with Gasteiger partial charge < -0.3 is 23.8 Å². The lowest BCUT2D eigenvalue weighted by atomic mass is 9.82. The van der Waals surface area contributed by atoms with Crippen LogP contribution >= 0.6 is 36.4 Å². The van der Waals surface area contributed by atoms with Gasteiger partial charge in [-0.25, -0.2) is 25.8 Å². The number of methoxy groups -OCH3 is 2. The van der Waals surface area contributed by atoms with Crippen LogP contribution in [0.25, 0.3) is 22.3 Å². The smallest absolute Gasteiger partial charge is 0.240 e. The first-order valence-corrected chi connectivity index (χ1v) is 19.8. The number of hydrazine groups is 1. The number of benzene rings is 3. The van der Waals surface area contributed by atoms with E-state index in [1.165, 1.54) is 0 Å². The van der Waals surface area contributed by atoms with Gasteiger partial charge in [0.25, 0.3) is 0 Å². The van der Waals surface area contributed by atoms with Gasteiger partial charge in [-0.2, -0.15) is 0 Å². The van der Waals surface area contributed by atoms with Crippen LogP contribution in [0.3, 0.4) is 0 Å². The Morgan fingerprint density at radius 3 is 1.69 bits per heavy atom. The Hall–Kier alpha value is -4.59. The second-order valence-corrected chi connectivity index (χ2v) is 14.6. The molecule has 2 fully saturated rings. The normalized spacial score (nSPS) is 17.1. The maximum absolute atomic E-state index is 6.86. The molecule has 7 rings (SSSR count). The van der Waals surface area contributed by atoms with Crippen molar-refractivity contribution < 1.29 is 18.9 Å². The first-order valence-electron chi connectivity index (χ1n) is 19.4. The van der Waals surface area contributed by atoms with E-state index in [0.29, 0.717) is 41.6 Å². The lowest BCUT2D eigenvalue weighted by Crippen LogP contribution is -2.56. The highest BCUT2D eigenvalue weighted by Gasteiger charge is 2.39. The van der Waals surface area contributed by atoms with Crippen LogP contribution in [0.4, 0.5) is 11.9 Å². The number of likely N-dealkylation sites (tertiary alicyclic amines) is 1. The highest BCUT2D eigenvalue weighted by molar-refractivity contribution is 6.33. The van der Waals surface area contributed by atoms with Gasteiger partial charge in [-0.3, -0.25) is 9.91 Å². The number of aromatic nitrogens is 4. The third-order valence-electron chi connectivity index (χ3n) is 10.9. The van der Waals surface area contributed by atoms with E-state index in [0.717, 1.165) is 97.1 Å². The molecule has 0 bridgehead atoms. The lowest BCUT2D eigenvalue weighted by molar-refractivity contribution is 0.148. The number of anilines is 2. The molecule has 2 N–H and O–H groups in total. The molecule has 3 aromatic carbocycles. The van der Waals surface area contributed by atoms with E-state index in [2.05, 4.69) is 9.80 Å². The van der Waals surface area contributed by atoms with Crippen LogP contribution in [0.5, 0.6) is 23.0 Å².